The van der Waals surface area contributed by atoms with E-state index in [0.29, 0.717) is 5.02 Å². The number of sulfonamides is 1. The number of anilines is 1. The van der Waals surface area contributed by atoms with Gasteiger partial charge in [0.05, 0.1) is 17.1 Å². The van der Waals surface area contributed by atoms with Crippen molar-refractivity contribution >= 4 is 33.3 Å². The second kappa shape index (κ2) is 5.99. The fourth-order valence-corrected chi connectivity index (χ4v) is 4.05. The van der Waals surface area contributed by atoms with Gasteiger partial charge < -0.3 is 9.84 Å². The number of hydrogen-bond donors (Lipinski definition) is 1. The average molecular weight is 368 g/mol. The lowest BCUT2D eigenvalue weighted by Gasteiger charge is -2.33. The minimum atomic E-state index is -3.94. The minimum absolute atomic E-state index is 0.0741. The van der Waals surface area contributed by atoms with E-state index in [4.69, 9.17) is 16.3 Å². The lowest BCUT2D eigenvalue weighted by atomic mass is 10.2. The Morgan fingerprint density at radius 3 is 2.54 bits per heavy atom. The maximum Gasteiger partial charge on any atom is 0.346 e. The number of rotatable bonds is 3. The first-order valence-electron chi connectivity index (χ1n) is 7.07. The molecule has 1 N–H and O–H groups in total. The number of carboxylic acid groups (broad SMARTS) is 1. The first kappa shape index (κ1) is 16.6. The van der Waals surface area contributed by atoms with Gasteiger partial charge in [-0.1, -0.05) is 29.3 Å². The van der Waals surface area contributed by atoms with E-state index in [1.807, 2.05) is 6.92 Å². The predicted molar refractivity (Wildman–Crippen MR) is 89.2 cm³/mol. The summed E-state index contributed by atoms with van der Waals surface area (Å²) in [5, 5.41) is 9.57. The third-order valence-electron chi connectivity index (χ3n) is 3.67. The maximum absolute atomic E-state index is 13.0. The van der Waals surface area contributed by atoms with Crippen LogP contribution in [0.1, 0.15) is 5.56 Å². The topological polar surface area (TPSA) is 83.9 Å². The molecule has 0 aliphatic carbocycles. The number of aryl methyl sites for hydroxylation is 1. The molecular weight excluding hydrogens is 354 g/mol. The Morgan fingerprint density at radius 1 is 1.25 bits per heavy atom. The molecule has 8 heteroatoms. The number of hydrogen-bond acceptors (Lipinski definition) is 4. The Hall–Kier alpha value is -2.25. The molecule has 1 heterocycles. The summed E-state index contributed by atoms with van der Waals surface area (Å²) in [5.74, 6) is -1.08. The SMILES string of the molecule is Cc1ccc(S(=O)(=O)N2CC(C(=O)O)Oc3ccc(Cl)cc32)cc1. The van der Waals surface area contributed by atoms with Gasteiger partial charge in [0.2, 0.25) is 6.10 Å². The minimum Gasteiger partial charge on any atom is -0.478 e. The van der Waals surface area contributed by atoms with Crippen molar-refractivity contribution in [3.05, 3.63) is 53.1 Å². The zero-order valence-corrected chi connectivity index (χ0v) is 14.2. The summed E-state index contributed by atoms with van der Waals surface area (Å²) in [6, 6.07) is 10.8. The summed E-state index contributed by atoms with van der Waals surface area (Å²) in [5.41, 5.74) is 1.14. The van der Waals surface area contributed by atoms with Crippen molar-refractivity contribution in [2.45, 2.75) is 17.9 Å². The quantitative estimate of drug-likeness (QED) is 0.901. The second-order valence-electron chi connectivity index (χ2n) is 5.41. The largest absolute Gasteiger partial charge is 0.478 e. The first-order chi connectivity index (χ1) is 11.3. The molecule has 0 bridgehead atoms. The van der Waals surface area contributed by atoms with Gasteiger partial charge in [-0.25, -0.2) is 13.2 Å². The van der Waals surface area contributed by atoms with Gasteiger partial charge in [-0.2, -0.15) is 0 Å². The Morgan fingerprint density at radius 2 is 1.92 bits per heavy atom. The summed E-state index contributed by atoms with van der Waals surface area (Å²) < 4.78 is 32.3. The highest BCUT2D eigenvalue weighted by molar-refractivity contribution is 7.92. The fraction of sp³-hybridized carbons (Fsp3) is 0.188. The van der Waals surface area contributed by atoms with Crippen LogP contribution in [-0.4, -0.2) is 32.1 Å². The average Bonchev–Trinajstić information content (AvgIpc) is 2.54. The number of benzene rings is 2. The van der Waals surface area contributed by atoms with Crippen molar-refractivity contribution < 1.29 is 23.1 Å². The summed E-state index contributed by atoms with van der Waals surface area (Å²) in [7, 11) is -3.94. The zero-order valence-electron chi connectivity index (χ0n) is 12.6. The number of halogens is 1. The van der Waals surface area contributed by atoms with Crippen molar-refractivity contribution in [2.75, 3.05) is 10.8 Å². The molecule has 3 rings (SSSR count). The van der Waals surface area contributed by atoms with Gasteiger partial charge in [-0.3, -0.25) is 4.31 Å². The number of nitrogens with zero attached hydrogens (tertiary/aromatic N) is 1. The summed E-state index contributed by atoms with van der Waals surface area (Å²) in [6.45, 7) is 1.51. The zero-order chi connectivity index (χ0) is 17.5. The molecule has 1 aliphatic rings. The van der Waals surface area contributed by atoms with Gasteiger partial charge in [-0.15, -0.1) is 0 Å². The third kappa shape index (κ3) is 2.92. The van der Waals surface area contributed by atoms with Gasteiger partial charge in [0.15, 0.2) is 0 Å². The molecule has 6 nitrogen and oxygen atoms in total. The monoisotopic (exact) mass is 367 g/mol. The van der Waals surface area contributed by atoms with Crippen molar-refractivity contribution in [2.24, 2.45) is 0 Å². The van der Waals surface area contributed by atoms with E-state index >= 15 is 0 Å². The Labute approximate surface area is 144 Å². The molecular formula is C16H14ClNO5S. The van der Waals surface area contributed by atoms with E-state index in [0.717, 1.165) is 9.87 Å². The van der Waals surface area contributed by atoms with E-state index in [-0.39, 0.29) is 22.9 Å². The van der Waals surface area contributed by atoms with Crippen LogP contribution < -0.4 is 9.04 Å². The van der Waals surface area contributed by atoms with E-state index in [2.05, 4.69) is 0 Å². The normalized spacial score (nSPS) is 17.1. The molecule has 24 heavy (non-hydrogen) atoms. The molecule has 1 unspecified atom stereocenters. The van der Waals surface area contributed by atoms with Crippen molar-refractivity contribution in [3.8, 4) is 5.75 Å². The number of carbonyl (C=O) groups is 1. The summed E-state index contributed by atoms with van der Waals surface area (Å²) in [6.07, 6.45) is -1.29. The Kier molecular flexibility index (Phi) is 4.15. The molecule has 0 fully saturated rings. The molecule has 1 atom stereocenters. The molecule has 0 amide bonds. The van der Waals surface area contributed by atoms with Crippen LogP contribution in [0.25, 0.3) is 0 Å². The molecule has 0 aromatic heterocycles. The third-order valence-corrected chi connectivity index (χ3v) is 5.70. The number of aliphatic carboxylic acids is 1. The standard InChI is InChI=1S/C16H14ClNO5S/c1-10-2-5-12(6-3-10)24(21,22)18-9-15(16(19)20)23-14-7-4-11(17)8-13(14)18/h2-8,15H,9H2,1H3,(H,19,20). The highest BCUT2D eigenvalue weighted by Crippen LogP contribution is 2.38. The van der Waals surface area contributed by atoms with Crippen LogP contribution in [0.15, 0.2) is 47.4 Å². The first-order valence-corrected chi connectivity index (χ1v) is 8.89. The molecule has 126 valence electrons. The lowest BCUT2D eigenvalue weighted by Crippen LogP contribution is -2.47. The Bertz CT molecular complexity index is 895. The predicted octanol–water partition coefficient (Wildman–Crippen LogP) is 2.69. The number of fused-ring (bicyclic) bond motifs is 1. The van der Waals surface area contributed by atoms with Crippen LogP contribution in [0.2, 0.25) is 5.02 Å². The van der Waals surface area contributed by atoms with Gasteiger partial charge >= 0.3 is 5.97 Å². The molecule has 0 spiro atoms. The van der Waals surface area contributed by atoms with Crippen LogP contribution in [0.5, 0.6) is 5.75 Å². The van der Waals surface area contributed by atoms with Crippen LogP contribution in [0.3, 0.4) is 0 Å². The molecule has 2 aromatic carbocycles. The van der Waals surface area contributed by atoms with E-state index < -0.39 is 22.1 Å². The smallest absolute Gasteiger partial charge is 0.346 e. The van der Waals surface area contributed by atoms with Gasteiger partial charge in [0.25, 0.3) is 10.0 Å². The van der Waals surface area contributed by atoms with E-state index in [9.17, 15) is 18.3 Å². The fourth-order valence-electron chi connectivity index (χ4n) is 2.42. The molecule has 1 aliphatic heterocycles. The summed E-state index contributed by atoms with van der Waals surface area (Å²) >= 11 is 5.96. The number of carboxylic acids is 1. The van der Waals surface area contributed by atoms with Crippen LogP contribution >= 0.6 is 11.6 Å². The van der Waals surface area contributed by atoms with Crippen LogP contribution in [0, 0.1) is 6.92 Å². The van der Waals surface area contributed by atoms with Crippen LogP contribution in [0.4, 0.5) is 5.69 Å². The summed E-state index contributed by atoms with van der Waals surface area (Å²) in [4.78, 5) is 11.4. The van der Waals surface area contributed by atoms with Crippen molar-refractivity contribution in [1.82, 2.24) is 0 Å². The second-order valence-corrected chi connectivity index (χ2v) is 7.70. The maximum atomic E-state index is 13.0. The lowest BCUT2D eigenvalue weighted by molar-refractivity contribution is -0.144. The molecule has 2 aromatic rings. The van der Waals surface area contributed by atoms with Gasteiger partial charge in [0.1, 0.15) is 5.75 Å². The Balaban J connectivity index is 2.13. The van der Waals surface area contributed by atoms with Crippen LogP contribution in [-0.2, 0) is 14.8 Å². The van der Waals surface area contributed by atoms with Crippen molar-refractivity contribution in [3.63, 3.8) is 0 Å². The molecule has 0 saturated heterocycles. The molecule has 0 radical (unpaired) electrons. The number of ether oxygens (including phenoxy) is 1. The van der Waals surface area contributed by atoms with Crippen molar-refractivity contribution in [1.29, 1.82) is 0 Å². The van der Waals surface area contributed by atoms with E-state index in [1.54, 1.807) is 12.1 Å². The van der Waals surface area contributed by atoms with E-state index in [1.165, 1.54) is 30.3 Å². The van der Waals surface area contributed by atoms with Gasteiger partial charge in [-0.05, 0) is 37.3 Å². The van der Waals surface area contributed by atoms with Gasteiger partial charge in [0, 0.05) is 5.02 Å². The highest BCUT2D eigenvalue weighted by Gasteiger charge is 2.37. The highest BCUT2D eigenvalue weighted by atomic mass is 35.5. The molecule has 0 saturated carbocycles.